The SMILES string of the molecule is C[N+]1(C[C@@H]2COC3(CCCCC3)O2)CCOCC1. The van der Waals surface area contributed by atoms with E-state index in [1.165, 1.54) is 19.3 Å². The zero-order valence-corrected chi connectivity index (χ0v) is 11.5. The van der Waals surface area contributed by atoms with Crippen LogP contribution in [-0.2, 0) is 14.2 Å². The fraction of sp³-hybridized carbons (Fsp3) is 1.00. The second-order valence-electron chi connectivity index (χ2n) is 6.38. The van der Waals surface area contributed by atoms with Gasteiger partial charge in [-0.25, -0.2) is 0 Å². The minimum Gasteiger partial charge on any atom is -0.370 e. The standard InChI is InChI=1S/C14H26NO3/c1-15(7-9-16-10-8-15)11-13-12-17-14(18-13)5-3-2-4-6-14/h13H,2-12H2,1H3/q+1/t13-/m1/s1. The molecule has 0 aromatic rings. The van der Waals surface area contributed by atoms with E-state index >= 15 is 0 Å². The highest BCUT2D eigenvalue weighted by atomic mass is 16.7. The second-order valence-corrected chi connectivity index (χ2v) is 6.38. The summed E-state index contributed by atoms with van der Waals surface area (Å²) in [6, 6.07) is 0. The Morgan fingerprint density at radius 2 is 1.83 bits per heavy atom. The molecule has 2 heterocycles. The maximum absolute atomic E-state index is 6.28. The van der Waals surface area contributed by atoms with Crippen LogP contribution in [0, 0.1) is 0 Å². The topological polar surface area (TPSA) is 27.7 Å². The third-order valence-electron chi connectivity index (χ3n) is 4.72. The van der Waals surface area contributed by atoms with Gasteiger partial charge in [-0.2, -0.15) is 0 Å². The number of quaternary nitrogens is 1. The van der Waals surface area contributed by atoms with Crippen molar-refractivity contribution >= 4 is 0 Å². The van der Waals surface area contributed by atoms with E-state index in [0.717, 1.165) is 56.8 Å². The molecule has 18 heavy (non-hydrogen) atoms. The molecule has 1 spiro atoms. The number of likely N-dealkylation sites (N-methyl/N-ethyl adjacent to an activating group) is 1. The van der Waals surface area contributed by atoms with Crippen molar-refractivity contribution in [3.8, 4) is 0 Å². The summed E-state index contributed by atoms with van der Waals surface area (Å²) in [6.07, 6.45) is 6.32. The molecule has 3 aliphatic rings. The smallest absolute Gasteiger partial charge is 0.169 e. The Morgan fingerprint density at radius 1 is 1.11 bits per heavy atom. The van der Waals surface area contributed by atoms with Crippen LogP contribution in [0.1, 0.15) is 32.1 Å². The van der Waals surface area contributed by atoms with E-state index in [9.17, 15) is 0 Å². The van der Waals surface area contributed by atoms with E-state index in [4.69, 9.17) is 14.2 Å². The van der Waals surface area contributed by atoms with Gasteiger partial charge in [0.2, 0.25) is 0 Å². The molecule has 0 bridgehead atoms. The third kappa shape index (κ3) is 2.72. The van der Waals surface area contributed by atoms with Crippen molar-refractivity contribution in [2.24, 2.45) is 0 Å². The molecule has 0 aromatic heterocycles. The third-order valence-corrected chi connectivity index (χ3v) is 4.72. The van der Waals surface area contributed by atoms with Gasteiger partial charge in [-0.05, 0) is 12.8 Å². The van der Waals surface area contributed by atoms with Crippen LogP contribution < -0.4 is 0 Å². The Hall–Kier alpha value is -0.160. The number of hydrogen-bond donors (Lipinski definition) is 0. The monoisotopic (exact) mass is 256 g/mol. The lowest BCUT2D eigenvalue weighted by Gasteiger charge is -2.39. The lowest BCUT2D eigenvalue weighted by Crippen LogP contribution is -2.55. The molecule has 0 aromatic carbocycles. The summed E-state index contributed by atoms with van der Waals surface area (Å²) in [4.78, 5) is 0. The molecule has 1 atom stereocenters. The van der Waals surface area contributed by atoms with Crippen LogP contribution in [0.15, 0.2) is 0 Å². The van der Waals surface area contributed by atoms with E-state index in [-0.39, 0.29) is 11.9 Å². The Morgan fingerprint density at radius 3 is 2.56 bits per heavy atom. The molecule has 104 valence electrons. The highest BCUT2D eigenvalue weighted by Gasteiger charge is 2.44. The summed E-state index contributed by atoms with van der Waals surface area (Å²) < 4.78 is 18.8. The van der Waals surface area contributed by atoms with Crippen molar-refractivity contribution in [1.29, 1.82) is 0 Å². The van der Waals surface area contributed by atoms with Gasteiger partial charge < -0.3 is 18.7 Å². The summed E-state index contributed by atoms with van der Waals surface area (Å²) in [7, 11) is 2.32. The van der Waals surface area contributed by atoms with Crippen LogP contribution in [0.4, 0.5) is 0 Å². The first-order valence-corrected chi connectivity index (χ1v) is 7.43. The molecule has 2 saturated heterocycles. The summed E-state index contributed by atoms with van der Waals surface area (Å²) in [5, 5.41) is 0. The molecular weight excluding hydrogens is 230 g/mol. The van der Waals surface area contributed by atoms with Gasteiger partial charge in [-0.3, -0.25) is 0 Å². The Kier molecular flexibility index (Phi) is 3.63. The lowest BCUT2D eigenvalue weighted by atomic mass is 9.94. The van der Waals surface area contributed by atoms with E-state index in [1.807, 2.05) is 0 Å². The van der Waals surface area contributed by atoms with Crippen LogP contribution in [0.5, 0.6) is 0 Å². The highest BCUT2D eigenvalue weighted by Crippen LogP contribution is 2.38. The zero-order valence-electron chi connectivity index (χ0n) is 11.5. The normalized spacial score (nSPS) is 34.8. The minimum atomic E-state index is -0.214. The summed E-state index contributed by atoms with van der Waals surface area (Å²) in [6.45, 7) is 5.84. The molecule has 0 N–H and O–H groups in total. The first-order valence-electron chi connectivity index (χ1n) is 7.43. The van der Waals surface area contributed by atoms with Crippen LogP contribution in [0.3, 0.4) is 0 Å². The Balaban J connectivity index is 1.55. The van der Waals surface area contributed by atoms with E-state index < -0.39 is 0 Å². The quantitative estimate of drug-likeness (QED) is 0.701. The van der Waals surface area contributed by atoms with Gasteiger partial charge in [0.05, 0.1) is 26.9 Å². The predicted molar refractivity (Wildman–Crippen MR) is 68.2 cm³/mol. The van der Waals surface area contributed by atoms with E-state index in [0.29, 0.717) is 0 Å². The number of hydrogen-bond acceptors (Lipinski definition) is 3. The fourth-order valence-electron chi connectivity index (χ4n) is 3.52. The molecule has 0 unspecified atom stereocenters. The van der Waals surface area contributed by atoms with Gasteiger partial charge >= 0.3 is 0 Å². The molecule has 0 amide bonds. The molecule has 1 saturated carbocycles. The van der Waals surface area contributed by atoms with Crippen molar-refractivity contribution in [3.05, 3.63) is 0 Å². The average Bonchev–Trinajstić information content (AvgIpc) is 2.73. The van der Waals surface area contributed by atoms with E-state index in [2.05, 4.69) is 7.05 Å². The number of nitrogens with zero attached hydrogens (tertiary/aromatic N) is 1. The first kappa shape index (κ1) is 12.9. The second kappa shape index (κ2) is 5.08. The van der Waals surface area contributed by atoms with Crippen molar-refractivity contribution in [1.82, 2.24) is 0 Å². The number of rotatable bonds is 2. The molecule has 2 aliphatic heterocycles. The van der Waals surface area contributed by atoms with Crippen molar-refractivity contribution in [2.75, 3.05) is 46.5 Å². The van der Waals surface area contributed by atoms with Crippen LogP contribution in [0.25, 0.3) is 0 Å². The van der Waals surface area contributed by atoms with Crippen molar-refractivity contribution in [3.63, 3.8) is 0 Å². The molecule has 0 radical (unpaired) electrons. The fourth-order valence-corrected chi connectivity index (χ4v) is 3.52. The van der Waals surface area contributed by atoms with Gasteiger partial charge in [0.15, 0.2) is 5.79 Å². The molecular formula is C14H26NO3+. The average molecular weight is 256 g/mol. The van der Waals surface area contributed by atoms with Gasteiger partial charge in [-0.1, -0.05) is 6.42 Å². The largest absolute Gasteiger partial charge is 0.370 e. The van der Waals surface area contributed by atoms with Gasteiger partial charge in [0, 0.05) is 12.8 Å². The summed E-state index contributed by atoms with van der Waals surface area (Å²) >= 11 is 0. The molecule has 4 nitrogen and oxygen atoms in total. The molecule has 1 aliphatic carbocycles. The first-order chi connectivity index (χ1) is 8.70. The maximum atomic E-state index is 6.28. The highest BCUT2D eigenvalue weighted by molar-refractivity contribution is 4.82. The van der Waals surface area contributed by atoms with E-state index in [1.54, 1.807) is 0 Å². The predicted octanol–water partition coefficient (Wildman–Crippen LogP) is 1.54. The van der Waals surface area contributed by atoms with Gasteiger partial charge in [0.1, 0.15) is 25.7 Å². The van der Waals surface area contributed by atoms with Crippen LogP contribution >= 0.6 is 0 Å². The Labute approximate surface area is 110 Å². The number of morpholine rings is 1. The van der Waals surface area contributed by atoms with Gasteiger partial charge in [0.25, 0.3) is 0 Å². The molecule has 3 fully saturated rings. The summed E-state index contributed by atoms with van der Waals surface area (Å²) in [5.41, 5.74) is 0. The van der Waals surface area contributed by atoms with Crippen molar-refractivity contribution < 1.29 is 18.7 Å². The number of ether oxygens (including phenoxy) is 3. The van der Waals surface area contributed by atoms with Crippen molar-refractivity contribution in [2.45, 2.75) is 44.0 Å². The van der Waals surface area contributed by atoms with Gasteiger partial charge in [-0.15, -0.1) is 0 Å². The maximum Gasteiger partial charge on any atom is 0.169 e. The zero-order chi connectivity index (χ0) is 12.5. The van der Waals surface area contributed by atoms with Crippen LogP contribution in [-0.4, -0.2) is 62.9 Å². The molecule has 4 heteroatoms. The van der Waals surface area contributed by atoms with Crippen LogP contribution in [0.2, 0.25) is 0 Å². The Bertz CT molecular complexity index is 283. The molecule has 3 rings (SSSR count). The lowest BCUT2D eigenvalue weighted by molar-refractivity contribution is -0.919. The minimum absolute atomic E-state index is 0.214. The summed E-state index contributed by atoms with van der Waals surface area (Å²) in [5.74, 6) is -0.214.